The third-order valence-electron chi connectivity index (χ3n) is 17.8. The van der Waals surface area contributed by atoms with Crippen molar-refractivity contribution < 1.29 is 60.4 Å². The number of hydrogen-bond acceptors (Lipinski definition) is 21. The van der Waals surface area contributed by atoms with Crippen LogP contribution in [0.1, 0.15) is 170 Å². The molecule has 8 heterocycles. The second-order valence-corrected chi connectivity index (χ2v) is 28.1. The first kappa shape index (κ1) is 70.3. The van der Waals surface area contributed by atoms with Crippen molar-refractivity contribution in [3.05, 3.63) is 141 Å². The zero-order valence-electron chi connectivity index (χ0n) is 54.5. The van der Waals surface area contributed by atoms with E-state index in [9.17, 15) is 20.2 Å². The van der Waals surface area contributed by atoms with E-state index in [1.54, 1.807) is 85.3 Å². The summed E-state index contributed by atoms with van der Waals surface area (Å²) in [5.41, 5.74) is 12.1. The van der Waals surface area contributed by atoms with Crippen LogP contribution in [0.4, 0.5) is 16.0 Å². The lowest BCUT2D eigenvalue weighted by Crippen LogP contribution is -2.44. The van der Waals surface area contributed by atoms with Crippen LogP contribution in [0.15, 0.2) is 91.5 Å². The number of rotatable bonds is 33. The Balaban J connectivity index is 0.860. The monoisotopic (exact) mass is 1380 g/mol. The van der Waals surface area contributed by atoms with Crippen LogP contribution >= 0.6 is 31.0 Å². The molecule has 11 rings (SSSR count). The van der Waals surface area contributed by atoms with Crippen molar-refractivity contribution in [1.29, 1.82) is 15.8 Å². The zero-order valence-corrected chi connectivity index (χ0v) is 56.9. The summed E-state index contributed by atoms with van der Waals surface area (Å²) in [7, 11) is -5.07. The van der Waals surface area contributed by atoms with Gasteiger partial charge in [-0.1, -0.05) is 138 Å². The largest absolute Gasteiger partial charge is 0.587 e. The maximum Gasteiger partial charge on any atom is 0.587 e. The summed E-state index contributed by atoms with van der Waals surface area (Å²) in [6.07, 6.45) is 12.6. The number of nitriles is 3. The van der Waals surface area contributed by atoms with Gasteiger partial charge < -0.3 is 58.4 Å². The summed E-state index contributed by atoms with van der Waals surface area (Å²) in [5, 5.41) is 40.8. The van der Waals surface area contributed by atoms with E-state index >= 15 is 4.57 Å². The van der Waals surface area contributed by atoms with Gasteiger partial charge in [0, 0.05) is 19.4 Å². The van der Waals surface area contributed by atoms with Gasteiger partial charge in [0.2, 0.25) is 0 Å². The molecule has 4 fully saturated rings. The van der Waals surface area contributed by atoms with Gasteiger partial charge in [-0.15, -0.1) is 0 Å². The predicted molar refractivity (Wildman–Crippen MR) is 353 cm³/mol. The first-order chi connectivity index (χ1) is 46.2. The van der Waals surface area contributed by atoms with E-state index < -0.39 is 85.8 Å². The highest BCUT2D eigenvalue weighted by Gasteiger charge is 2.66. The third-order valence-corrected chi connectivity index (χ3v) is 19.9. The summed E-state index contributed by atoms with van der Waals surface area (Å²) in [6, 6.07) is 27.0. The number of fused-ring (bicyclic) bond motifs is 4. The Labute approximate surface area is 567 Å². The molecule has 3 aromatic carbocycles. The molecule has 0 bridgehead atoms. The van der Waals surface area contributed by atoms with Crippen molar-refractivity contribution in [2.75, 3.05) is 31.3 Å². The zero-order chi connectivity index (χ0) is 67.8. The molecular weight excluding hydrogens is 1300 g/mol. The molecule has 9 atom stereocenters. The summed E-state index contributed by atoms with van der Waals surface area (Å²) < 4.78 is 105. The molecule has 4 aliphatic rings. The molecule has 23 nitrogen and oxygen atoms in total. The molecule has 4 aromatic heterocycles. The summed E-state index contributed by atoms with van der Waals surface area (Å²) in [6.45, 7) is 8.80. The fourth-order valence-corrected chi connectivity index (χ4v) is 15.0. The van der Waals surface area contributed by atoms with Gasteiger partial charge in [-0.05, 0) is 105 Å². The van der Waals surface area contributed by atoms with E-state index in [1.807, 2.05) is 6.07 Å². The van der Waals surface area contributed by atoms with Crippen LogP contribution < -0.4 is 20.5 Å². The van der Waals surface area contributed by atoms with Crippen LogP contribution in [-0.2, 0) is 66.4 Å². The van der Waals surface area contributed by atoms with E-state index in [2.05, 4.69) is 39.2 Å². The highest BCUT2D eigenvalue weighted by molar-refractivity contribution is 7.49. The number of anilines is 2. The maximum absolute atomic E-state index is 16.0. The molecule has 510 valence electrons. The molecule has 0 amide bonds. The van der Waals surface area contributed by atoms with Gasteiger partial charge in [0.05, 0.1) is 52.9 Å². The second kappa shape index (κ2) is 30.4. The van der Waals surface area contributed by atoms with Crippen molar-refractivity contribution in [2.45, 2.75) is 209 Å². The van der Waals surface area contributed by atoms with Crippen LogP contribution in [0.25, 0.3) is 11.0 Å². The van der Waals surface area contributed by atoms with Gasteiger partial charge in [0.25, 0.3) is 0 Å². The lowest BCUT2D eigenvalue weighted by molar-refractivity contribution is -0.200. The van der Waals surface area contributed by atoms with Crippen LogP contribution in [-0.4, -0.2) is 102 Å². The van der Waals surface area contributed by atoms with Gasteiger partial charge in [0.1, 0.15) is 84.4 Å². The Morgan fingerprint density at radius 1 is 0.635 bits per heavy atom. The number of nitrogens with two attached hydrogens (primary N) is 2. The van der Waals surface area contributed by atoms with Crippen LogP contribution in [0.2, 0.25) is 10.0 Å². The highest BCUT2D eigenvalue weighted by atomic mass is 35.5. The Bertz CT molecular complexity index is 3870. The number of nitrogen functional groups attached to an aromatic ring is 2. The minimum Gasteiger partial charge on any atom is -0.393 e. The fraction of sp³-hybridized carbons (Fsp3) is 0.522. The Morgan fingerprint density at radius 2 is 1.11 bits per heavy atom. The van der Waals surface area contributed by atoms with Crippen LogP contribution in [0, 0.1) is 39.8 Å². The van der Waals surface area contributed by atoms with Crippen molar-refractivity contribution in [3.63, 3.8) is 0 Å². The second-order valence-electron chi connectivity index (χ2n) is 25.8. The number of benzene rings is 3. The lowest BCUT2D eigenvalue weighted by Gasteiger charge is -2.30. The first-order valence-corrected chi connectivity index (χ1v) is 35.0. The molecule has 0 aliphatic carbocycles. The molecule has 4 unspecified atom stereocenters. The Kier molecular flexibility index (Phi) is 22.2. The molecule has 0 spiro atoms. The molecular formula is C69H81Cl2FN11O12P. The van der Waals surface area contributed by atoms with Crippen molar-refractivity contribution in [2.24, 2.45) is 0 Å². The molecule has 0 radical (unpaired) electrons. The summed E-state index contributed by atoms with van der Waals surface area (Å²) in [4.78, 5) is 8.24. The van der Waals surface area contributed by atoms with E-state index in [-0.39, 0.29) is 64.8 Å². The van der Waals surface area contributed by atoms with Crippen LogP contribution in [0.3, 0.4) is 0 Å². The van der Waals surface area contributed by atoms with E-state index in [0.29, 0.717) is 45.7 Å². The number of hydrogen-bond donors (Lipinski definition) is 2. The highest BCUT2D eigenvalue weighted by Crippen LogP contribution is 2.57. The lowest BCUT2D eigenvalue weighted by atomic mass is 9.88. The number of aromatic nitrogens is 6. The van der Waals surface area contributed by atoms with Gasteiger partial charge in [-0.2, -0.15) is 26.0 Å². The van der Waals surface area contributed by atoms with Gasteiger partial charge in [0.15, 0.2) is 45.9 Å². The molecule has 7 aromatic rings. The van der Waals surface area contributed by atoms with E-state index in [0.717, 1.165) is 31.7 Å². The number of phosphoric acid groups is 1. The molecule has 27 heteroatoms. The fourth-order valence-electron chi connectivity index (χ4n) is 13.2. The smallest absolute Gasteiger partial charge is 0.393 e. The van der Waals surface area contributed by atoms with Crippen molar-refractivity contribution in [3.8, 4) is 29.7 Å². The average molecular weight is 1380 g/mol. The predicted octanol–water partition coefficient (Wildman–Crippen LogP) is 14.1. The minimum atomic E-state index is -5.07. The summed E-state index contributed by atoms with van der Waals surface area (Å²) in [5.74, 6) is -2.85. The SMILES string of the molecule is CCCCCCCCCCCCCCCCOC[C@H](COP(=O)(Oc1cccc(C[C@]2(C#N)O[C@@H](c3ccc4c(N)ncnn34)C3OC(C)(C)OC32)c1Cl)Oc1cccc(C[C@]2(C#N)O[C@@H](c3ccc4c(N)ncnn34)C3OC(C)(C)OC32)c1Cl)OCc1cc(F)cc(C#N)c1. The number of halogens is 3. The molecule has 4 N–H and O–H groups in total. The van der Waals surface area contributed by atoms with E-state index in [4.69, 9.17) is 86.1 Å². The number of ether oxygens (including phenoxy) is 8. The molecule has 4 aliphatic heterocycles. The van der Waals surface area contributed by atoms with Crippen molar-refractivity contribution >= 4 is 53.7 Å². The van der Waals surface area contributed by atoms with Gasteiger partial charge in [-0.25, -0.2) is 28.0 Å². The Hall–Kier alpha value is -7.05. The summed E-state index contributed by atoms with van der Waals surface area (Å²) >= 11 is 14.7. The number of nitrogens with zero attached hydrogens (tertiary/aromatic N) is 9. The average Bonchev–Trinajstić information content (AvgIpc) is 1.57. The van der Waals surface area contributed by atoms with Gasteiger partial charge >= 0.3 is 7.82 Å². The first-order valence-electron chi connectivity index (χ1n) is 32.8. The normalized spacial score (nSPS) is 24.1. The minimum absolute atomic E-state index is 0.0753. The molecule has 4 saturated heterocycles. The molecule has 0 saturated carbocycles. The number of phosphoric ester groups is 1. The van der Waals surface area contributed by atoms with Crippen molar-refractivity contribution in [1.82, 2.24) is 29.2 Å². The maximum atomic E-state index is 16.0. The van der Waals surface area contributed by atoms with Gasteiger partial charge in [-0.3, -0.25) is 4.52 Å². The standard InChI is InChI=1S/C69H81Cl2FN11O12P/c1-6-7-8-9-10-11-12-13-14-15-16-17-18-19-30-85-38-49(86-37-45-31-44(36-73)32-48(72)33-45)39-87-96(84,94-54-24-20-22-46(56(54)70)34-68(40-74)62-60(88-66(2,3)92-62)58(90-68)50-26-28-52-64(76)78-42-80-82(50)52)95-55-25-21-23-47(57(55)71)35-69(41-75)63-61(89-67(4,5)93-63)59(91-69)51-27-29-53-65(77)79-43-81-83(51)53/h20-29,31-33,42-43,49,58-63H,6-19,30,34-35,37-39H2,1-5H3,(H2,76,78,80)(H2,77,79,81)/t49-,58+,59+,60?,61?,62?,63?,68-,69-,96?/m1/s1. The number of unbranched alkanes of at least 4 members (excludes halogenated alkanes) is 13. The topological polar surface area (TPSA) is 302 Å². The molecule has 96 heavy (non-hydrogen) atoms. The van der Waals surface area contributed by atoms with Crippen LogP contribution in [0.5, 0.6) is 11.5 Å². The third kappa shape index (κ3) is 15.7. The van der Waals surface area contributed by atoms with E-state index in [1.165, 1.54) is 101 Å². The Morgan fingerprint density at radius 3 is 1.58 bits per heavy atom. The quantitative estimate of drug-likeness (QED) is 0.0285.